The summed E-state index contributed by atoms with van der Waals surface area (Å²) in [5.74, 6) is 1.08. The van der Waals surface area contributed by atoms with Crippen molar-refractivity contribution < 1.29 is 13.2 Å². The fraction of sp³-hybridized carbons (Fsp3) is 0.318. The lowest BCUT2D eigenvalue weighted by Gasteiger charge is -2.33. The quantitative estimate of drug-likeness (QED) is 0.462. The van der Waals surface area contributed by atoms with E-state index in [1.165, 1.54) is 23.0 Å². The number of aryl methyl sites for hydroxylation is 1. The largest absolute Gasteiger partial charge is 0.418 e. The van der Waals surface area contributed by atoms with Gasteiger partial charge in [-0.2, -0.15) is 13.2 Å². The van der Waals surface area contributed by atoms with Crippen LogP contribution in [0.5, 0.6) is 0 Å². The average molecular weight is 437 g/mol. The molecule has 10 heteroatoms. The topological polar surface area (TPSA) is 57.1 Å². The lowest BCUT2D eigenvalue weighted by molar-refractivity contribution is -0.136. The Labute approximate surface area is 182 Å². The van der Waals surface area contributed by atoms with Crippen molar-refractivity contribution in [3.63, 3.8) is 0 Å². The summed E-state index contributed by atoms with van der Waals surface area (Å²) in [5.41, 5.74) is 0.0141. The van der Waals surface area contributed by atoms with Crippen molar-refractivity contribution >= 4 is 18.8 Å². The van der Waals surface area contributed by atoms with Crippen LogP contribution in [0, 0.1) is 5.92 Å². The average Bonchev–Trinajstić information content (AvgIpc) is 3.26. The summed E-state index contributed by atoms with van der Waals surface area (Å²) >= 11 is 0. The fourth-order valence-electron chi connectivity index (χ4n) is 4.49. The molecule has 0 aliphatic heterocycles. The summed E-state index contributed by atoms with van der Waals surface area (Å²) in [6.45, 7) is 0. The van der Waals surface area contributed by atoms with Crippen LogP contribution in [0.3, 0.4) is 0 Å². The highest BCUT2D eigenvalue weighted by Gasteiger charge is 2.35. The van der Waals surface area contributed by atoms with Gasteiger partial charge in [0.15, 0.2) is 0 Å². The number of fused-ring (bicyclic) bond motifs is 1. The number of hydrogen-bond donors (Lipinski definition) is 0. The molecule has 5 rings (SSSR count). The molecule has 2 radical (unpaired) electrons. The molecule has 162 valence electrons. The van der Waals surface area contributed by atoms with Gasteiger partial charge in [-0.15, -0.1) is 10.2 Å². The third-order valence-electron chi connectivity index (χ3n) is 6.25. The van der Waals surface area contributed by atoms with Crippen molar-refractivity contribution in [2.24, 2.45) is 13.0 Å². The zero-order valence-electron chi connectivity index (χ0n) is 17.3. The first kappa shape index (κ1) is 20.6. The van der Waals surface area contributed by atoms with Crippen molar-refractivity contribution in [1.82, 2.24) is 23.7 Å². The molecule has 32 heavy (non-hydrogen) atoms. The maximum Gasteiger partial charge on any atom is 0.418 e. The van der Waals surface area contributed by atoms with Crippen LogP contribution in [0.1, 0.15) is 42.1 Å². The van der Waals surface area contributed by atoms with Crippen LogP contribution in [-0.4, -0.2) is 31.6 Å². The van der Waals surface area contributed by atoms with Gasteiger partial charge in [0.05, 0.1) is 11.1 Å². The van der Waals surface area contributed by atoms with E-state index >= 15 is 0 Å². The minimum absolute atomic E-state index is 0.0723. The Bertz CT molecular complexity index is 1370. The van der Waals surface area contributed by atoms with Crippen LogP contribution < -0.4 is 11.2 Å². The molecule has 3 aromatic heterocycles. The Morgan fingerprint density at radius 1 is 1.22 bits per heavy atom. The number of nitrogens with zero attached hydrogens (tertiary/aromatic N) is 5. The van der Waals surface area contributed by atoms with Gasteiger partial charge in [-0.3, -0.25) is 8.97 Å². The molecule has 1 atom stereocenters. The predicted molar refractivity (Wildman–Crippen MR) is 114 cm³/mol. The third-order valence-corrected chi connectivity index (χ3v) is 6.25. The molecule has 3 heterocycles. The zero-order valence-corrected chi connectivity index (χ0v) is 17.3. The molecule has 1 aliphatic carbocycles. The summed E-state index contributed by atoms with van der Waals surface area (Å²) < 4.78 is 44.5. The first-order valence-corrected chi connectivity index (χ1v) is 10.3. The van der Waals surface area contributed by atoms with Gasteiger partial charge in [-0.05, 0) is 48.6 Å². The second kappa shape index (κ2) is 7.39. The van der Waals surface area contributed by atoms with Crippen molar-refractivity contribution in [2.45, 2.75) is 31.4 Å². The normalized spacial score (nSPS) is 15.8. The number of pyridine rings is 1. The monoisotopic (exact) mass is 437 g/mol. The zero-order chi connectivity index (χ0) is 22.6. The first-order chi connectivity index (χ1) is 15.2. The van der Waals surface area contributed by atoms with Crippen LogP contribution in [0.15, 0.2) is 53.8 Å². The van der Waals surface area contributed by atoms with E-state index in [-0.39, 0.29) is 11.4 Å². The van der Waals surface area contributed by atoms with Crippen molar-refractivity contribution in [3.05, 3.63) is 76.5 Å². The van der Waals surface area contributed by atoms with Crippen LogP contribution in [-0.2, 0) is 13.2 Å². The van der Waals surface area contributed by atoms with Crippen LogP contribution in [0.2, 0.25) is 0 Å². The SMILES string of the molecule is [B]c1cc(C(c2nncn2C)C2CCC2)cc(-n2cc3c(C(F)(F)F)cccn3c2=O)c1. The molecule has 1 aromatic carbocycles. The highest BCUT2D eigenvalue weighted by atomic mass is 19.4. The number of rotatable bonds is 4. The van der Waals surface area contributed by atoms with Gasteiger partial charge in [-0.25, -0.2) is 4.79 Å². The highest BCUT2D eigenvalue weighted by molar-refractivity contribution is 6.32. The minimum Gasteiger partial charge on any atom is -0.320 e. The molecule has 0 N–H and O–H groups in total. The maximum absolute atomic E-state index is 13.5. The molecule has 0 saturated heterocycles. The van der Waals surface area contributed by atoms with Gasteiger partial charge in [0, 0.05) is 31.0 Å². The number of alkyl halides is 3. The smallest absolute Gasteiger partial charge is 0.320 e. The summed E-state index contributed by atoms with van der Waals surface area (Å²) in [6, 6.07) is 7.41. The van der Waals surface area contributed by atoms with Gasteiger partial charge in [0.2, 0.25) is 0 Å². The van der Waals surface area contributed by atoms with E-state index in [1.807, 2.05) is 23.7 Å². The summed E-state index contributed by atoms with van der Waals surface area (Å²) in [4.78, 5) is 13.0. The molecule has 6 nitrogen and oxygen atoms in total. The Morgan fingerprint density at radius 3 is 2.62 bits per heavy atom. The lowest BCUT2D eigenvalue weighted by atomic mass is 9.72. The third kappa shape index (κ3) is 3.34. The summed E-state index contributed by atoms with van der Waals surface area (Å²) in [7, 11) is 8.06. The molecule has 1 aliphatic rings. The van der Waals surface area contributed by atoms with Gasteiger partial charge in [0.1, 0.15) is 20.0 Å². The molecule has 4 aromatic rings. The van der Waals surface area contributed by atoms with E-state index in [9.17, 15) is 18.0 Å². The molecular weight excluding hydrogens is 418 g/mol. The molecule has 0 bridgehead atoms. The lowest BCUT2D eigenvalue weighted by Crippen LogP contribution is -2.26. The first-order valence-electron chi connectivity index (χ1n) is 10.3. The van der Waals surface area contributed by atoms with Crippen molar-refractivity contribution in [2.75, 3.05) is 0 Å². The van der Waals surface area contributed by atoms with Gasteiger partial charge in [0.25, 0.3) is 0 Å². The van der Waals surface area contributed by atoms with E-state index in [4.69, 9.17) is 7.85 Å². The van der Waals surface area contributed by atoms with E-state index < -0.39 is 17.4 Å². The highest BCUT2D eigenvalue weighted by Crippen LogP contribution is 2.42. The van der Waals surface area contributed by atoms with Crippen LogP contribution in [0.4, 0.5) is 13.2 Å². The number of hydrogen-bond acceptors (Lipinski definition) is 3. The van der Waals surface area contributed by atoms with Gasteiger partial charge < -0.3 is 4.57 Å². The van der Waals surface area contributed by atoms with Crippen molar-refractivity contribution in [1.29, 1.82) is 0 Å². The Morgan fingerprint density at radius 2 is 2.00 bits per heavy atom. The molecule has 1 unspecified atom stereocenters. The second-order valence-corrected chi connectivity index (χ2v) is 8.28. The van der Waals surface area contributed by atoms with Crippen molar-refractivity contribution in [3.8, 4) is 5.69 Å². The predicted octanol–water partition coefficient (Wildman–Crippen LogP) is 2.96. The second-order valence-electron chi connectivity index (χ2n) is 8.28. The van der Waals surface area contributed by atoms with E-state index in [0.29, 0.717) is 17.1 Å². The maximum atomic E-state index is 13.5. The molecule has 1 fully saturated rings. The Hall–Kier alpha value is -3.30. The van der Waals surface area contributed by atoms with Gasteiger partial charge >= 0.3 is 11.9 Å². The summed E-state index contributed by atoms with van der Waals surface area (Å²) in [5, 5.41) is 8.30. The molecule has 0 amide bonds. The number of imidazole rings is 1. The number of aromatic nitrogens is 5. The van der Waals surface area contributed by atoms with Crippen LogP contribution >= 0.6 is 0 Å². The van der Waals surface area contributed by atoms with Crippen LogP contribution in [0.25, 0.3) is 11.2 Å². The molecular formula is C22H19BF3N5O. The fourth-order valence-corrected chi connectivity index (χ4v) is 4.49. The molecule has 0 spiro atoms. The minimum atomic E-state index is -4.58. The van der Waals surface area contributed by atoms with E-state index in [2.05, 4.69) is 10.2 Å². The Kier molecular flexibility index (Phi) is 4.76. The molecule has 1 saturated carbocycles. The van der Waals surface area contributed by atoms with E-state index in [1.54, 1.807) is 12.4 Å². The summed E-state index contributed by atoms with van der Waals surface area (Å²) in [6.07, 6.45) is 2.79. The number of benzene rings is 1. The standard InChI is InChI=1S/C22H19BF3N5O/c1-29-12-27-28-20(29)19(13-4-2-5-13)14-8-15(23)10-16(9-14)31-11-18-17(22(24,25)26)6-3-7-30(18)21(31)32/h3,6-13,19H,2,4-5H2,1H3. The van der Waals surface area contributed by atoms with E-state index in [0.717, 1.165) is 41.1 Å². The number of halogens is 3. The Balaban J connectivity index is 1.68. The van der Waals surface area contributed by atoms with Gasteiger partial charge in [-0.1, -0.05) is 17.9 Å².